The first-order chi connectivity index (χ1) is 12.8. The fourth-order valence-electron chi connectivity index (χ4n) is 3.76. The molecular weight excluding hydrogens is 344 g/mol. The molecule has 1 aromatic heterocycles. The lowest BCUT2D eigenvalue weighted by Gasteiger charge is -2.35. The standard InChI is InChI=1S/C20H26N4OS/c1-2-16-8-6-7-13-23(16)18(25)14-26-20-22-21-19(15-11-12-15)24(20)17-9-4-3-5-10-17/h3-5,9-10,15-16H,2,6-8,11-14H2,1H3/t16-/m1/s1. The number of thioether (sulfide) groups is 1. The van der Waals surface area contributed by atoms with Gasteiger partial charge < -0.3 is 4.90 Å². The van der Waals surface area contributed by atoms with E-state index in [4.69, 9.17) is 0 Å². The first-order valence-corrected chi connectivity index (χ1v) is 10.7. The Bertz CT molecular complexity index is 756. The van der Waals surface area contributed by atoms with Crippen molar-refractivity contribution in [3.05, 3.63) is 36.2 Å². The van der Waals surface area contributed by atoms with Gasteiger partial charge in [-0.1, -0.05) is 36.9 Å². The highest BCUT2D eigenvalue weighted by Gasteiger charge is 2.31. The minimum absolute atomic E-state index is 0.233. The highest BCUT2D eigenvalue weighted by Crippen LogP contribution is 2.41. The summed E-state index contributed by atoms with van der Waals surface area (Å²) >= 11 is 1.52. The second-order valence-electron chi connectivity index (χ2n) is 7.22. The molecule has 2 aliphatic rings. The molecule has 1 saturated heterocycles. The van der Waals surface area contributed by atoms with E-state index in [1.807, 2.05) is 18.2 Å². The maximum atomic E-state index is 12.8. The van der Waals surface area contributed by atoms with E-state index >= 15 is 0 Å². The molecule has 0 spiro atoms. The van der Waals surface area contributed by atoms with Crippen LogP contribution >= 0.6 is 11.8 Å². The van der Waals surface area contributed by atoms with Crippen molar-refractivity contribution < 1.29 is 4.79 Å². The number of likely N-dealkylation sites (tertiary alicyclic amines) is 1. The number of aromatic nitrogens is 3. The van der Waals surface area contributed by atoms with Crippen molar-refractivity contribution in [1.29, 1.82) is 0 Å². The van der Waals surface area contributed by atoms with Crippen molar-refractivity contribution in [2.75, 3.05) is 12.3 Å². The van der Waals surface area contributed by atoms with Crippen molar-refractivity contribution in [1.82, 2.24) is 19.7 Å². The molecule has 0 N–H and O–H groups in total. The summed E-state index contributed by atoms with van der Waals surface area (Å²) in [6.07, 6.45) is 6.91. The lowest BCUT2D eigenvalue weighted by atomic mass is 10.0. The van der Waals surface area contributed by atoms with Crippen LogP contribution in [0.1, 0.15) is 57.2 Å². The first kappa shape index (κ1) is 17.6. The van der Waals surface area contributed by atoms with Crippen LogP contribution in [0, 0.1) is 0 Å². The molecule has 1 aliphatic heterocycles. The molecule has 0 radical (unpaired) electrons. The number of hydrogen-bond acceptors (Lipinski definition) is 4. The molecule has 4 rings (SSSR count). The van der Waals surface area contributed by atoms with Gasteiger partial charge in [0.25, 0.3) is 0 Å². The largest absolute Gasteiger partial charge is 0.339 e. The van der Waals surface area contributed by atoms with Crippen LogP contribution in [0.25, 0.3) is 5.69 Å². The van der Waals surface area contributed by atoms with E-state index in [2.05, 4.69) is 38.7 Å². The third-order valence-corrected chi connectivity index (χ3v) is 6.27. The summed E-state index contributed by atoms with van der Waals surface area (Å²) in [6, 6.07) is 10.7. The number of para-hydroxylation sites is 1. The van der Waals surface area contributed by atoms with Gasteiger partial charge in [-0.2, -0.15) is 0 Å². The van der Waals surface area contributed by atoms with Crippen LogP contribution in [-0.2, 0) is 4.79 Å². The smallest absolute Gasteiger partial charge is 0.233 e. The normalized spacial score (nSPS) is 20.3. The number of piperidine rings is 1. The van der Waals surface area contributed by atoms with Gasteiger partial charge in [-0.3, -0.25) is 9.36 Å². The molecule has 1 aliphatic carbocycles. The fraction of sp³-hybridized carbons (Fsp3) is 0.550. The Kier molecular flexibility index (Phi) is 5.29. The SMILES string of the molecule is CC[C@@H]1CCCCN1C(=O)CSc1nnc(C2CC2)n1-c1ccccc1. The molecule has 1 aromatic carbocycles. The molecule has 26 heavy (non-hydrogen) atoms. The summed E-state index contributed by atoms with van der Waals surface area (Å²) in [5, 5.41) is 9.69. The predicted octanol–water partition coefficient (Wildman–Crippen LogP) is 4.03. The summed E-state index contributed by atoms with van der Waals surface area (Å²) in [5.41, 5.74) is 1.08. The van der Waals surface area contributed by atoms with Gasteiger partial charge in [-0.05, 0) is 50.7 Å². The van der Waals surface area contributed by atoms with Crippen LogP contribution in [0.5, 0.6) is 0 Å². The lowest BCUT2D eigenvalue weighted by molar-refractivity contribution is -0.132. The van der Waals surface area contributed by atoms with Crippen LogP contribution in [0.3, 0.4) is 0 Å². The third-order valence-electron chi connectivity index (χ3n) is 5.36. The van der Waals surface area contributed by atoms with Gasteiger partial charge in [0.15, 0.2) is 5.16 Å². The zero-order valence-corrected chi connectivity index (χ0v) is 16.1. The van der Waals surface area contributed by atoms with Gasteiger partial charge in [0, 0.05) is 24.2 Å². The van der Waals surface area contributed by atoms with E-state index in [1.54, 1.807) is 0 Å². The van der Waals surface area contributed by atoms with Crippen molar-refractivity contribution >= 4 is 17.7 Å². The molecule has 2 heterocycles. The van der Waals surface area contributed by atoms with Crippen LogP contribution < -0.4 is 0 Å². The molecule has 6 heteroatoms. The molecule has 1 saturated carbocycles. The molecule has 2 aromatic rings. The van der Waals surface area contributed by atoms with Crippen molar-refractivity contribution in [2.45, 2.75) is 62.6 Å². The zero-order valence-electron chi connectivity index (χ0n) is 15.3. The summed E-state index contributed by atoms with van der Waals surface area (Å²) in [4.78, 5) is 14.9. The Labute approximate surface area is 159 Å². The maximum Gasteiger partial charge on any atom is 0.233 e. The second kappa shape index (κ2) is 7.82. The topological polar surface area (TPSA) is 51.0 Å². The molecule has 2 fully saturated rings. The number of carbonyl (C=O) groups is 1. The summed E-state index contributed by atoms with van der Waals surface area (Å²) in [7, 11) is 0. The number of nitrogens with zero attached hydrogens (tertiary/aromatic N) is 4. The first-order valence-electron chi connectivity index (χ1n) is 9.71. The summed E-state index contributed by atoms with van der Waals surface area (Å²) in [5.74, 6) is 2.22. The Morgan fingerprint density at radius 3 is 2.69 bits per heavy atom. The van der Waals surface area contributed by atoms with E-state index in [9.17, 15) is 4.79 Å². The Morgan fingerprint density at radius 2 is 1.96 bits per heavy atom. The molecule has 138 valence electrons. The lowest BCUT2D eigenvalue weighted by Crippen LogP contribution is -2.44. The summed E-state index contributed by atoms with van der Waals surface area (Å²) < 4.78 is 2.14. The Balaban J connectivity index is 1.51. The van der Waals surface area contributed by atoms with Gasteiger partial charge in [0.1, 0.15) is 5.82 Å². The highest BCUT2D eigenvalue weighted by molar-refractivity contribution is 7.99. The number of rotatable bonds is 6. The number of amides is 1. The summed E-state index contributed by atoms with van der Waals surface area (Å²) in [6.45, 7) is 3.08. The molecular formula is C20H26N4OS. The van der Waals surface area contributed by atoms with Gasteiger partial charge in [-0.25, -0.2) is 0 Å². The van der Waals surface area contributed by atoms with Crippen molar-refractivity contribution in [2.24, 2.45) is 0 Å². The maximum absolute atomic E-state index is 12.8. The number of carbonyl (C=O) groups excluding carboxylic acids is 1. The molecule has 1 amide bonds. The average molecular weight is 371 g/mol. The third kappa shape index (κ3) is 3.65. The van der Waals surface area contributed by atoms with Crippen LogP contribution in [-0.4, -0.2) is 43.9 Å². The number of benzene rings is 1. The molecule has 0 unspecified atom stereocenters. The van der Waals surface area contributed by atoms with Crippen LogP contribution in [0.15, 0.2) is 35.5 Å². The van der Waals surface area contributed by atoms with Crippen molar-refractivity contribution in [3.8, 4) is 5.69 Å². The van der Waals surface area contributed by atoms with E-state index < -0.39 is 0 Å². The zero-order chi connectivity index (χ0) is 17.9. The van der Waals surface area contributed by atoms with Crippen LogP contribution in [0.2, 0.25) is 0 Å². The Hall–Kier alpha value is -1.82. The second-order valence-corrected chi connectivity index (χ2v) is 8.16. The molecule has 1 atom stereocenters. The van der Waals surface area contributed by atoms with E-state index in [0.717, 1.165) is 42.5 Å². The Morgan fingerprint density at radius 1 is 1.15 bits per heavy atom. The van der Waals surface area contributed by atoms with E-state index in [0.29, 0.717) is 17.7 Å². The quantitative estimate of drug-likeness (QED) is 0.721. The van der Waals surface area contributed by atoms with Gasteiger partial charge >= 0.3 is 0 Å². The monoisotopic (exact) mass is 370 g/mol. The predicted molar refractivity (Wildman–Crippen MR) is 104 cm³/mol. The van der Waals surface area contributed by atoms with Gasteiger partial charge in [0.05, 0.1) is 5.75 Å². The average Bonchev–Trinajstić information content (AvgIpc) is 3.46. The fourth-order valence-corrected chi connectivity index (χ4v) is 4.61. The van der Waals surface area contributed by atoms with Gasteiger partial charge in [0.2, 0.25) is 5.91 Å². The molecule has 5 nitrogen and oxygen atoms in total. The minimum atomic E-state index is 0.233. The highest BCUT2D eigenvalue weighted by atomic mass is 32.2. The van der Waals surface area contributed by atoms with E-state index in [-0.39, 0.29) is 5.91 Å². The number of hydrogen-bond donors (Lipinski definition) is 0. The van der Waals surface area contributed by atoms with Crippen LogP contribution in [0.4, 0.5) is 0 Å². The van der Waals surface area contributed by atoms with Gasteiger partial charge in [-0.15, -0.1) is 10.2 Å². The molecule has 0 bridgehead atoms. The minimum Gasteiger partial charge on any atom is -0.339 e. The van der Waals surface area contributed by atoms with E-state index in [1.165, 1.54) is 31.0 Å². The van der Waals surface area contributed by atoms with Crippen molar-refractivity contribution in [3.63, 3.8) is 0 Å².